The lowest BCUT2D eigenvalue weighted by Crippen LogP contribution is -2.43. The van der Waals surface area contributed by atoms with Gasteiger partial charge in [0.25, 0.3) is 0 Å². The van der Waals surface area contributed by atoms with Gasteiger partial charge in [-0.3, -0.25) is 9.59 Å². The number of halogens is 1. The molecule has 0 amide bonds. The van der Waals surface area contributed by atoms with Gasteiger partial charge < -0.3 is 0 Å². The molecule has 86 valence electrons. The van der Waals surface area contributed by atoms with Crippen LogP contribution in [-0.2, 0) is 9.59 Å². The third kappa shape index (κ3) is 1.55. The first-order valence-corrected chi connectivity index (χ1v) is 6.06. The van der Waals surface area contributed by atoms with Gasteiger partial charge in [0.05, 0.1) is 5.92 Å². The van der Waals surface area contributed by atoms with Crippen molar-refractivity contribution in [1.29, 1.82) is 0 Å². The van der Waals surface area contributed by atoms with Gasteiger partial charge in [-0.25, -0.2) is 0 Å². The molecular formula is C14H11ClO2. The van der Waals surface area contributed by atoms with Crippen LogP contribution in [-0.4, -0.2) is 11.6 Å². The van der Waals surface area contributed by atoms with Crippen LogP contribution in [0, 0.1) is 11.8 Å². The van der Waals surface area contributed by atoms with Gasteiger partial charge in [-0.2, -0.15) is 0 Å². The summed E-state index contributed by atoms with van der Waals surface area (Å²) in [7, 11) is 0. The van der Waals surface area contributed by atoms with Crippen molar-refractivity contribution < 1.29 is 9.59 Å². The third-order valence-electron chi connectivity index (χ3n) is 3.66. The number of fused-ring (bicyclic) bond motifs is 2. The van der Waals surface area contributed by atoms with E-state index in [0.717, 1.165) is 5.56 Å². The minimum Gasteiger partial charge on any atom is -0.290 e. The largest absolute Gasteiger partial charge is 0.290 e. The lowest BCUT2D eigenvalue weighted by atomic mass is 9.65. The molecule has 3 atom stereocenters. The van der Waals surface area contributed by atoms with Gasteiger partial charge in [-0.1, -0.05) is 48.0 Å². The Morgan fingerprint density at radius 2 is 1.76 bits per heavy atom. The first-order chi connectivity index (χ1) is 8.18. The molecule has 3 aliphatic rings. The molecule has 17 heavy (non-hydrogen) atoms. The molecule has 0 spiro atoms. The molecule has 3 aliphatic carbocycles. The maximum atomic E-state index is 11.9. The fourth-order valence-electron chi connectivity index (χ4n) is 2.82. The molecule has 4 rings (SSSR count). The maximum absolute atomic E-state index is 11.9. The first-order valence-electron chi connectivity index (χ1n) is 5.68. The number of carbonyl (C=O) groups excluding carboxylic acids is 2. The topological polar surface area (TPSA) is 34.1 Å². The smallest absolute Gasteiger partial charge is 0.207 e. The van der Waals surface area contributed by atoms with Crippen LogP contribution >= 0.6 is 11.6 Å². The highest BCUT2D eigenvalue weighted by Gasteiger charge is 2.48. The van der Waals surface area contributed by atoms with Crippen LogP contribution in [0.25, 0.3) is 0 Å². The van der Waals surface area contributed by atoms with Crippen molar-refractivity contribution in [1.82, 2.24) is 0 Å². The molecule has 2 nitrogen and oxygen atoms in total. The van der Waals surface area contributed by atoms with Crippen molar-refractivity contribution in [2.45, 2.75) is 12.3 Å². The predicted octanol–water partition coefficient (Wildman–Crippen LogP) is 2.68. The Labute approximate surface area is 104 Å². The summed E-state index contributed by atoms with van der Waals surface area (Å²) in [6.45, 7) is 0. The van der Waals surface area contributed by atoms with E-state index in [2.05, 4.69) is 0 Å². The molecule has 2 bridgehead atoms. The van der Waals surface area contributed by atoms with E-state index in [-0.39, 0.29) is 23.4 Å². The zero-order valence-corrected chi connectivity index (χ0v) is 9.85. The van der Waals surface area contributed by atoms with Gasteiger partial charge in [0.1, 0.15) is 0 Å². The van der Waals surface area contributed by atoms with Gasteiger partial charge in [0.2, 0.25) is 11.6 Å². The minimum absolute atomic E-state index is 0.0592. The summed E-state index contributed by atoms with van der Waals surface area (Å²) in [5.41, 5.74) is 1.09. The second kappa shape index (κ2) is 3.81. The summed E-state index contributed by atoms with van der Waals surface area (Å²) in [6.07, 6.45) is 2.45. The quantitative estimate of drug-likeness (QED) is 0.714. The molecule has 0 radical (unpaired) electrons. The van der Waals surface area contributed by atoms with Gasteiger partial charge in [-0.15, -0.1) is 0 Å². The van der Waals surface area contributed by atoms with Crippen molar-refractivity contribution in [3.8, 4) is 0 Å². The number of ketones is 2. The van der Waals surface area contributed by atoms with E-state index < -0.39 is 5.92 Å². The van der Waals surface area contributed by atoms with Crippen LogP contribution in [0.15, 0.2) is 41.4 Å². The monoisotopic (exact) mass is 246 g/mol. The number of allylic oxidation sites excluding steroid dienone is 2. The van der Waals surface area contributed by atoms with E-state index in [0.29, 0.717) is 11.5 Å². The number of Topliss-reactive ketones (excluding diaryl/α,β-unsaturated/α-hetero) is 2. The van der Waals surface area contributed by atoms with Crippen LogP contribution in [0.2, 0.25) is 0 Å². The highest BCUT2D eigenvalue weighted by atomic mass is 35.5. The van der Waals surface area contributed by atoms with Gasteiger partial charge in [0.15, 0.2) is 0 Å². The fraction of sp³-hybridized carbons (Fsp3) is 0.286. The first kappa shape index (κ1) is 10.7. The van der Waals surface area contributed by atoms with E-state index >= 15 is 0 Å². The summed E-state index contributed by atoms with van der Waals surface area (Å²) < 4.78 is 0. The Bertz CT molecular complexity index is 518. The highest BCUT2D eigenvalue weighted by molar-refractivity contribution is 6.45. The molecule has 0 heterocycles. The standard InChI is InChI=1S/C14H11ClO2/c15-11-7-9-6-10(8-4-2-1-3-5-8)12(11)14(17)13(9)16/h1-5,7,9-10,12H,6H2/t9-,10+,12+/m0/s1. The molecule has 0 unspecified atom stereocenters. The zero-order chi connectivity index (χ0) is 12.0. The fourth-order valence-corrected chi connectivity index (χ4v) is 3.22. The normalized spacial score (nSPS) is 31.6. The molecule has 1 saturated carbocycles. The van der Waals surface area contributed by atoms with Crippen LogP contribution in [0.4, 0.5) is 0 Å². The van der Waals surface area contributed by atoms with Crippen LogP contribution in [0.3, 0.4) is 0 Å². The SMILES string of the molecule is O=C1C(=O)[C@@H]2C=C(Cl)[C@H]1[C@@H](c1ccccc1)C2. The molecule has 1 aromatic carbocycles. The summed E-state index contributed by atoms with van der Waals surface area (Å²) >= 11 is 6.11. The van der Waals surface area contributed by atoms with Gasteiger partial charge in [0, 0.05) is 16.9 Å². The predicted molar refractivity (Wildman–Crippen MR) is 64.7 cm³/mol. The van der Waals surface area contributed by atoms with Crippen LogP contribution in [0.5, 0.6) is 0 Å². The molecular weight excluding hydrogens is 236 g/mol. The zero-order valence-electron chi connectivity index (χ0n) is 9.10. The van der Waals surface area contributed by atoms with E-state index in [4.69, 9.17) is 11.6 Å². The molecule has 0 N–H and O–H groups in total. The Morgan fingerprint density at radius 1 is 1.06 bits per heavy atom. The van der Waals surface area contributed by atoms with Crippen molar-refractivity contribution >= 4 is 23.2 Å². The lowest BCUT2D eigenvalue weighted by Gasteiger charge is -2.37. The van der Waals surface area contributed by atoms with E-state index in [1.165, 1.54) is 0 Å². The number of carbonyl (C=O) groups is 2. The minimum atomic E-state index is -0.448. The van der Waals surface area contributed by atoms with Crippen molar-refractivity contribution in [2.75, 3.05) is 0 Å². The average Bonchev–Trinajstić information content (AvgIpc) is 2.35. The second-order valence-electron chi connectivity index (χ2n) is 4.62. The highest BCUT2D eigenvalue weighted by Crippen LogP contribution is 2.47. The molecule has 3 heteroatoms. The average molecular weight is 247 g/mol. The third-order valence-corrected chi connectivity index (χ3v) is 4.02. The van der Waals surface area contributed by atoms with Crippen LogP contribution in [0.1, 0.15) is 17.9 Å². The molecule has 0 saturated heterocycles. The maximum Gasteiger partial charge on any atom is 0.207 e. The summed E-state index contributed by atoms with van der Waals surface area (Å²) in [5, 5.41) is 0.541. The van der Waals surface area contributed by atoms with Gasteiger partial charge in [-0.05, 0) is 12.0 Å². The van der Waals surface area contributed by atoms with Crippen molar-refractivity contribution in [3.63, 3.8) is 0 Å². The Hall–Kier alpha value is -1.41. The van der Waals surface area contributed by atoms with Crippen molar-refractivity contribution in [2.24, 2.45) is 11.8 Å². The molecule has 1 fully saturated rings. The Kier molecular flexibility index (Phi) is 2.40. The van der Waals surface area contributed by atoms with Gasteiger partial charge >= 0.3 is 0 Å². The molecule has 0 aliphatic heterocycles. The number of rotatable bonds is 1. The van der Waals surface area contributed by atoms with Crippen LogP contribution < -0.4 is 0 Å². The van der Waals surface area contributed by atoms with E-state index in [1.54, 1.807) is 6.08 Å². The lowest BCUT2D eigenvalue weighted by molar-refractivity contribution is -0.143. The summed E-state index contributed by atoms with van der Waals surface area (Å²) in [4.78, 5) is 23.6. The Balaban J connectivity index is 2.04. The van der Waals surface area contributed by atoms with E-state index in [9.17, 15) is 9.59 Å². The number of hydrogen-bond acceptors (Lipinski definition) is 2. The van der Waals surface area contributed by atoms with E-state index in [1.807, 2.05) is 30.3 Å². The Morgan fingerprint density at radius 3 is 2.41 bits per heavy atom. The number of hydrogen-bond donors (Lipinski definition) is 0. The molecule has 1 aromatic rings. The van der Waals surface area contributed by atoms with Crippen molar-refractivity contribution in [3.05, 3.63) is 47.0 Å². The summed E-state index contributed by atoms with van der Waals surface area (Å²) in [5.74, 6) is -1.29. The molecule has 0 aromatic heterocycles. The second-order valence-corrected chi connectivity index (χ2v) is 5.05. The number of benzene rings is 1. The summed E-state index contributed by atoms with van der Waals surface area (Å²) in [6, 6.07) is 9.82.